The Morgan fingerprint density at radius 3 is 2.38 bits per heavy atom. The van der Waals surface area contributed by atoms with E-state index in [1.165, 1.54) is 35.4 Å². The van der Waals surface area contributed by atoms with Gasteiger partial charge >= 0.3 is 0 Å². The molecule has 1 saturated heterocycles. The predicted octanol–water partition coefficient (Wildman–Crippen LogP) is 4.52. The van der Waals surface area contributed by atoms with E-state index >= 15 is 0 Å². The number of hydrogen-bond acceptors (Lipinski definition) is 4. The standard InChI is InChI=1S/C25H23FN2O4/c1-16(2)17-7-11-20(12-8-17)28-23(29)14-22(25(28)31)27(15-21-4-3-13-32-21)24(30)18-5-9-19(26)10-6-18/h3-13,16,22H,14-15H2,1-2H3. The number of rotatable bonds is 6. The molecule has 164 valence electrons. The minimum atomic E-state index is -0.991. The van der Waals surface area contributed by atoms with E-state index in [0.29, 0.717) is 17.4 Å². The lowest BCUT2D eigenvalue weighted by Crippen LogP contribution is -2.45. The Balaban J connectivity index is 1.64. The third kappa shape index (κ3) is 4.19. The van der Waals surface area contributed by atoms with Crippen LogP contribution < -0.4 is 4.90 Å². The first-order valence-electron chi connectivity index (χ1n) is 10.4. The fraction of sp³-hybridized carbons (Fsp3) is 0.240. The average molecular weight is 434 g/mol. The summed E-state index contributed by atoms with van der Waals surface area (Å²) in [4.78, 5) is 41.8. The molecule has 6 nitrogen and oxygen atoms in total. The summed E-state index contributed by atoms with van der Waals surface area (Å²) < 4.78 is 18.7. The van der Waals surface area contributed by atoms with Crippen LogP contribution in [0.1, 0.15) is 47.9 Å². The summed E-state index contributed by atoms with van der Waals surface area (Å²) >= 11 is 0. The number of hydrogen-bond donors (Lipinski definition) is 0. The van der Waals surface area contributed by atoms with Crippen LogP contribution in [0.15, 0.2) is 71.3 Å². The lowest BCUT2D eigenvalue weighted by Gasteiger charge is -2.27. The van der Waals surface area contributed by atoms with Gasteiger partial charge in [-0.05, 0) is 60.0 Å². The molecule has 1 aliphatic rings. The smallest absolute Gasteiger partial charge is 0.257 e. The first-order valence-corrected chi connectivity index (χ1v) is 10.4. The molecule has 0 bridgehead atoms. The molecule has 1 aliphatic heterocycles. The van der Waals surface area contributed by atoms with E-state index in [-0.39, 0.29) is 24.4 Å². The van der Waals surface area contributed by atoms with Gasteiger partial charge in [-0.15, -0.1) is 0 Å². The fourth-order valence-corrected chi connectivity index (χ4v) is 3.79. The molecule has 0 saturated carbocycles. The van der Waals surface area contributed by atoms with Crippen molar-refractivity contribution in [2.45, 2.75) is 38.8 Å². The highest BCUT2D eigenvalue weighted by Crippen LogP contribution is 2.29. The second-order valence-corrected chi connectivity index (χ2v) is 8.05. The van der Waals surface area contributed by atoms with Crippen LogP contribution in [-0.2, 0) is 16.1 Å². The number of nitrogens with zero attached hydrogens (tertiary/aromatic N) is 2. The molecule has 1 aromatic heterocycles. The lowest BCUT2D eigenvalue weighted by atomic mass is 10.0. The number of imide groups is 1. The number of halogens is 1. The van der Waals surface area contributed by atoms with Crippen molar-refractivity contribution < 1.29 is 23.2 Å². The van der Waals surface area contributed by atoms with Gasteiger partial charge in [0.1, 0.15) is 17.6 Å². The van der Waals surface area contributed by atoms with Crippen LogP contribution in [-0.4, -0.2) is 28.7 Å². The van der Waals surface area contributed by atoms with Crippen molar-refractivity contribution >= 4 is 23.4 Å². The van der Waals surface area contributed by atoms with Crippen LogP contribution in [0.2, 0.25) is 0 Å². The van der Waals surface area contributed by atoms with Gasteiger partial charge in [0.2, 0.25) is 5.91 Å². The van der Waals surface area contributed by atoms with Gasteiger partial charge < -0.3 is 9.32 Å². The third-order valence-corrected chi connectivity index (χ3v) is 5.58. The molecule has 0 N–H and O–H groups in total. The van der Waals surface area contributed by atoms with E-state index in [0.717, 1.165) is 10.5 Å². The molecule has 1 unspecified atom stereocenters. The lowest BCUT2D eigenvalue weighted by molar-refractivity contribution is -0.122. The Labute approximate surface area is 185 Å². The fourth-order valence-electron chi connectivity index (χ4n) is 3.79. The number of amides is 3. The second-order valence-electron chi connectivity index (χ2n) is 8.05. The van der Waals surface area contributed by atoms with Crippen molar-refractivity contribution in [1.29, 1.82) is 0 Å². The van der Waals surface area contributed by atoms with Gasteiger partial charge in [-0.1, -0.05) is 26.0 Å². The van der Waals surface area contributed by atoms with Gasteiger partial charge in [-0.3, -0.25) is 14.4 Å². The molecule has 0 aliphatic carbocycles. The SMILES string of the molecule is CC(C)c1ccc(N2C(=O)CC(N(Cc3ccco3)C(=O)c3ccc(F)cc3)C2=O)cc1. The molecule has 4 rings (SSSR count). The largest absolute Gasteiger partial charge is 0.467 e. The maximum absolute atomic E-state index is 13.3. The number of furan rings is 1. The predicted molar refractivity (Wildman–Crippen MR) is 116 cm³/mol. The van der Waals surface area contributed by atoms with Crippen LogP contribution in [0.4, 0.5) is 10.1 Å². The van der Waals surface area contributed by atoms with Gasteiger partial charge in [0.05, 0.1) is 24.9 Å². The van der Waals surface area contributed by atoms with E-state index in [9.17, 15) is 18.8 Å². The number of carbonyl (C=O) groups is 3. The molecular weight excluding hydrogens is 411 g/mol. The van der Waals surface area contributed by atoms with Crippen molar-refractivity contribution in [1.82, 2.24) is 4.90 Å². The summed E-state index contributed by atoms with van der Waals surface area (Å²) in [7, 11) is 0. The summed E-state index contributed by atoms with van der Waals surface area (Å²) in [6, 6.07) is 14.7. The van der Waals surface area contributed by atoms with Gasteiger partial charge in [0.25, 0.3) is 11.8 Å². The Morgan fingerprint density at radius 2 is 1.78 bits per heavy atom. The van der Waals surface area contributed by atoms with E-state index < -0.39 is 23.7 Å². The van der Waals surface area contributed by atoms with E-state index in [1.54, 1.807) is 24.3 Å². The maximum Gasteiger partial charge on any atom is 0.257 e. The molecule has 2 heterocycles. The minimum Gasteiger partial charge on any atom is -0.467 e. The summed E-state index contributed by atoms with van der Waals surface area (Å²) in [5.41, 5.74) is 1.78. The monoisotopic (exact) mass is 434 g/mol. The normalized spacial score (nSPS) is 16.1. The molecule has 1 fully saturated rings. The van der Waals surface area contributed by atoms with Gasteiger partial charge in [-0.2, -0.15) is 0 Å². The molecule has 3 amide bonds. The summed E-state index contributed by atoms with van der Waals surface area (Å²) in [6.07, 6.45) is 1.33. The minimum absolute atomic E-state index is 0.00697. The number of carbonyl (C=O) groups excluding carboxylic acids is 3. The van der Waals surface area contributed by atoms with Gasteiger partial charge in [0, 0.05) is 5.56 Å². The van der Waals surface area contributed by atoms with Crippen LogP contribution in [0, 0.1) is 5.82 Å². The molecule has 7 heteroatoms. The number of anilines is 1. The highest BCUT2D eigenvalue weighted by Gasteiger charge is 2.44. The zero-order valence-electron chi connectivity index (χ0n) is 17.8. The Kier molecular flexibility index (Phi) is 5.90. The second kappa shape index (κ2) is 8.78. The maximum atomic E-state index is 13.3. The zero-order chi connectivity index (χ0) is 22.8. The Bertz CT molecular complexity index is 1120. The van der Waals surface area contributed by atoms with E-state index in [1.807, 2.05) is 12.1 Å². The van der Waals surface area contributed by atoms with Crippen LogP contribution in [0.25, 0.3) is 0 Å². The Morgan fingerprint density at radius 1 is 1.09 bits per heavy atom. The van der Waals surface area contributed by atoms with Gasteiger partial charge in [-0.25, -0.2) is 9.29 Å². The average Bonchev–Trinajstić information content (AvgIpc) is 3.39. The first-order chi connectivity index (χ1) is 15.3. The highest BCUT2D eigenvalue weighted by molar-refractivity contribution is 6.23. The Hall–Kier alpha value is -3.74. The molecule has 0 spiro atoms. The first kappa shape index (κ1) is 21.5. The van der Waals surface area contributed by atoms with Crippen molar-refractivity contribution in [3.63, 3.8) is 0 Å². The van der Waals surface area contributed by atoms with Crippen molar-refractivity contribution in [2.24, 2.45) is 0 Å². The zero-order valence-corrected chi connectivity index (χ0v) is 17.8. The quantitative estimate of drug-likeness (QED) is 0.535. The van der Waals surface area contributed by atoms with Crippen LogP contribution >= 0.6 is 0 Å². The molecule has 1 atom stereocenters. The van der Waals surface area contributed by atoms with Crippen molar-refractivity contribution in [2.75, 3.05) is 4.90 Å². The van der Waals surface area contributed by atoms with Crippen molar-refractivity contribution in [3.8, 4) is 0 Å². The summed E-state index contributed by atoms with van der Waals surface area (Å²) in [5.74, 6) is -1.02. The van der Waals surface area contributed by atoms with E-state index in [4.69, 9.17) is 4.42 Å². The molecule has 3 aromatic rings. The van der Waals surface area contributed by atoms with Crippen molar-refractivity contribution in [3.05, 3.63) is 89.6 Å². The topological polar surface area (TPSA) is 70.8 Å². The highest BCUT2D eigenvalue weighted by atomic mass is 19.1. The van der Waals surface area contributed by atoms with Crippen LogP contribution in [0.5, 0.6) is 0 Å². The molecule has 2 aromatic carbocycles. The molecular formula is C25H23FN2O4. The molecule has 32 heavy (non-hydrogen) atoms. The number of benzene rings is 2. The third-order valence-electron chi connectivity index (χ3n) is 5.58. The molecule has 0 radical (unpaired) electrons. The van der Waals surface area contributed by atoms with Crippen LogP contribution in [0.3, 0.4) is 0 Å². The van der Waals surface area contributed by atoms with Gasteiger partial charge in [0.15, 0.2) is 0 Å². The summed E-state index contributed by atoms with van der Waals surface area (Å²) in [6.45, 7) is 4.13. The summed E-state index contributed by atoms with van der Waals surface area (Å²) in [5, 5.41) is 0. The van der Waals surface area contributed by atoms with E-state index in [2.05, 4.69) is 13.8 Å².